The first-order chi connectivity index (χ1) is 10.1. The first-order valence-corrected chi connectivity index (χ1v) is 7.84. The van der Waals surface area contributed by atoms with E-state index in [-0.39, 0.29) is 12.1 Å². The molecule has 6 heteroatoms. The number of hydrogen-bond donors (Lipinski definition) is 2. The number of carboxylic acid groups (broad SMARTS) is 1. The number of aliphatic carboxylic acids is 1. The number of carboxylic acids is 1. The average molecular weight is 293 g/mol. The summed E-state index contributed by atoms with van der Waals surface area (Å²) in [5.74, 6) is -1.29. The molecule has 0 radical (unpaired) electrons. The maximum absolute atomic E-state index is 12.4. The van der Waals surface area contributed by atoms with E-state index in [9.17, 15) is 9.59 Å². The van der Waals surface area contributed by atoms with Crippen LogP contribution in [0, 0.1) is 5.92 Å². The normalized spacial score (nSPS) is 32.8. The number of nitrogens with zero attached hydrogens (tertiary/aromatic N) is 2. The Morgan fingerprint density at radius 2 is 1.95 bits per heavy atom. The Morgan fingerprint density at radius 3 is 2.71 bits per heavy atom. The molecule has 2 fully saturated rings. The molecular weight excluding hydrogens is 270 g/mol. The molecule has 3 rings (SSSR count). The number of rotatable bonds is 2. The summed E-state index contributed by atoms with van der Waals surface area (Å²) in [6.07, 6.45) is 7.36. The van der Waals surface area contributed by atoms with Crippen molar-refractivity contribution in [2.45, 2.75) is 37.8 Å². The molecule has 0 aromatic heterocycles. The molecule has 0 spiro atoms. The van der Waals surface area contributed by atoms with Crippen LogP contribution in [-0.2, 0) is 4.79 Å². The largest absolute Gasteiger partial charge is 0.481 e. The minimum atomic E-state index is -0.820. The van der Waals surface area contributed by atoms with Gasteiger partial charge >= 0.3 is 12.0 Å². The second-order valence-corrected chi connectivity index (χ2v) is 6.25. The van der Waals surface area contributed by atoms with E-state index in [4.69, 9.17) is 5.11 Å². The number of nitrogens with one attached hydrogen (secondary N) is 1. The van der Waals surface area contributed by atoms with Crippen LogP contribution in [0.15, 0.2) is 12.2 Å². The van der Waals surface area contributed by atoms with Crippen molar-refractivity contribution in [1.82, 2.24) is 15.1 Å². The average Bonchev–Trinajstić information content (AvgIpc) is 3.04. The van der Waals surface area contributed by atoms with Gasteiger partial charge in [-0.05, 0) is 32.2 Å². The lowest BCUT2D eigenvalue weighted by molar-refractivity contribution is -0.140. The standard InChI is InChI=1S/C15H23N3O3/c19-14(20)11-4-5-12(9-11)16-15(21)18-8-2-7-17-6-1-3-13(17)10-18/h4-5,11-13H,1-3,6-10H2,(H,16,21)(H,19,20). The zero-order valence-corrected chi connectivity index (χ0v) is 12.2. The number of carbonyl (C=O) groups is 2. The maximum Gasteiger partial charge on any atom is 0.317 e. The van der Waals surface area contributed by atoms with E-state index in [0.717, 1.165) is 32.6 Å². The molecule has 21 heavy (non-hydrogen) atoms. The summed E-state index contributed by atoms with van der Waals surface area (Å²) in [5, 5.41) is 11.9. The van der Waals surface area contributed by atoms with Crippen molar-refractivity contribution in [3.05, 3.63) is 12.2 Å². The highest BCUT2D eigenvalue weighted by Gasteiger charge is 2.32. The zero-order chi connectivity index (χ0) is 14.8. The van der Waals surface area contributed by atoms with Crippen molar-refractivity contribution in [3.8, 4) is 0 Å². The van der Waals surface area contributed by atoms with Crippen LogP contribution in [0.3, 0.4) is 0 Å². The molecule has 2 saturated heterocycles. The predicted octanol–water partition coefficient (Wildman–Crippen LogP) is 0.895. The predicted molar refractivity (Wildman–Crippen MR) is 78.0 cm³/mol. The van der Waals surface area contributed by atoms with Crippen LogP contribution in [0.5, 0.6) is 0 Å². The molecule has 3 atom stereocenters. The number of fused-ring (bicyclic) bond motifs is 1. The summed E-state index contributed by atoms with van der Waals surface area (Å²) in [7, 11) is 0. The van der Waals surface area contributed by atoms with Gasteiger partial charge in [-0.3, -0.25) is 9.69 Å². The van der Waals surface area contributed by atoms with E-state index in [2.05, 4.69) is 10.2 Å². The Morgan fingerprint density at radius 1 is 1.14 bits per heavy atom. The van der Waals surface area contributed by atoms with E-state index < -0.39 is 11.9 Å². The number of carbonyl (C=O) groups excluding carboxylic acids is 1. The van der Waals surface area contributed by atoms with E-state index in [0.29, 0.717) is 12.5 Å². The first-order valence-electron chi connectivity index (χ1n) is 7.84. The van der Waals surface area contributed by atoms with Crippen LogP contribution in [0.1, 0.15) is 25.7 Å². The molecule has 6 nitrogen and oxygen atoms in total. The van der Waals surface area contributed by atoms with Gasteiger partial charge in [-0.1, -0.05) is 12.2 Å². The second-order valence-electron chi connectivity index (χ2n) is 6.25. The fourth-order valence-corrected chi connectivity index (χ4v) is 3.63. The molecule has 2 aliphatic heterocycles. The van der Waals surface area contributed by atoms with Crippen molar-refractivity contribution in [2.75, 3.05) is 26.2 Å². The molecule has 2 heterocycles. The zero-order valence-electron chi connectivity index (χ0n) is 12.2. The third kappa shape index (κ3) is 3.20. The molecule has 1 aliphatic carbocycles. The van der Waals surface area contributed by atoms with Gasteiger partial charge in [-0.2, -0.15) is 0 Å². The van der Waals surface area contributed by atoms with Crippen molar-refractivity contribution in [1.29, 1.82) is 0 Å². The quantitative estimate of drug-likeness (QED) is 0.742. The number of urea groups is 1. The van der Waals surface area contributed by atoms with Crippen LogP contribution in [0.25, 0.3) is 0 Å². The van der Waals surface area contributed by atoms with Gasteiger partial charge in [0.2, 0.25) is 0 Å². The van der Waals surface area contributed by atoms with Crippen molar-refractivity contribution < 1.29 is 14.7 Å². The highest BCUT2D eigenvalue weighted by Crippen LogP contribution is 2.22. The Balaban J connectivity index is 1.53. The minimum Gasteiger partial charge on any atom is -0.481 e. The van der Waals surface area contributed by atoms with Gasteiger partial charge in [0.15, 0.2) is 0 Å². The van der Waals surface area contributed by atoms with E-state index in [1.807, 2.05) is 4.90 Å². The van der Waals surface area contributed by atoms with Crippen LogP contribution in [0.2, 0.25) is 0 Å². The third-order valence-electron chi connectivity index (χ3n) is 4.80. The van der Waals surface area contributed by atoms with Crippen molar-refractivity contribution in [3.63, 3.8) is 0 Å². The lowest BCUT2D eigenvalue weighted by atomic mass is 10.1. The first kappa shape index (κ1) is 14.4. The summed E-state index contributed by atoms with van der Waals surface area (Å²) in [6.45, 7) is 3.83. The molecule has 3 aliphatic rings. The molecule has 0 bridgehead atoms. The Kier molecular flexibility index (Phi) is 4.14. The fourth-order valence-electron chi connectivity index (χ4n) is 3.63. The third-order valence-corrected chi connectivity index (χ3v) is 4.80. The molecule has 0 saturated carbocycles. The van der Waals surface area contributed by atoms with E-state index >= 15 is 0 Å². The molecule has 0 aromatic carbocycles. The van der Waals surface area contributed by atoms with Crippen LogP contribution in [0.4, 0.5) is 4.79 Å². The molecule has 116 valence electrons. The molecule has 2 N–H and O–H groups in total. The molecule has 0 aromatic rings. The Labute approximate surface area is 124 Å². The summed E-state index contributed by atoms with van der Waals surface area (Å²) in [6, 6.07) is 0.301. The summed E-state index contributed by atoms with van der Waals surface area (Å²) < 4.78 is 0. The van der Waals surface area contributed by atoms with Crippen LogP contribution >= 0.6 is 0 Å². The van der Waals surface area contributed by atoms with Crippen molar-refractivity contribution >= 4 is 12.0 Å². The van der Waals surface area contributed by atoms with Crippen LogP contribution in [-0.4, -0.2) is 65.2 Å². The molecule has 3 unspecified atom stereocenters. The maximum atomic E-state index is 12.4. The Hall–Kier alpha value is -1.56. The fraction of sp³-hybridized carbons (Fsp3) is 0.733. The van der Waals surface area contributed by atoms with Gasteiger partial charge in [0.05, 0.1) is 12.0 Å². The SMILES string of the molecule is O=C(O)C1C=CC(NC(=O)N2CCCN3CCCC3C2)C1. The Bertz CT molecular complexity index is 451. The highest BCUT2D eigenvalue weighted by molar-refractivity contribution is 5.76. The van der Waals surface area contributed by atoms with Gasteiger partial charge in [0.25, 0.3) is 0 Å². The monoisotopic (exact) mass is 293 g/mol. The van der Waals surface area contributed by atoms with Crippen molar-refractivity contribution in [2.24, 2.45) is 5.92 Å². The van der Waals surface area contributed by atoms with Gasteiger partial charge < -0.3 is 15.3 Å². The topological polar surface area (TPSA) is 72.9 Å². The van der Waals surface area contributed by atoms with E-state index in [1.54, 1.807) is 12.2 Å². The lowest BCUT2D eigenvalue weighted by Gasteiger charge is -2.27. The van der Waals surface area contributed by atoms with Gasteiger partial charge in [-0.25, -0.2) is 4.79 Å². The lowest BCUT2D eigenvalue weighted by Crippen LogP contribution is -2.47. The van der Waals surface area contributed by atoms with Crippen LogP contribution < -0.4 is 5.32 Å². The highest BCUT2D eigenvalue weighted by atomic mass is 16.4. The van der Waals surface area contributed by atoms with Gasteiger partial charge in [-0.15, -0.1) is 0 Å². The van der Waals surface area contributed by atoms with Gasteiger partial charge in [0, 0.05) is 25.7 Å². The number of amides is 2. The smallest absolute Gasteiger partial charge is 0.317 e. The van der Waals surface area contributed by atoms with Gasteiger partial charge in [0.1, 0.15) is 0 Å². The number of hydrogen-bond acceptors (Lipinski definition) is 3. The minimum absolute atomic E-state index is 0.0514. The summed E-state index contributed by atoms with van der Waals surface area (Å²) in [4.78, 5) is 27.7. The second kappa shape index (κ2) is 6.05. The molecule has 2 amide bonds. The molecular formula is C15H23N3O3. The van der Waals surface area contributed by atoms with E-state index in [1.165, 1.54) is 12.8 Å². The summed E-state index contributed by atoms with van der Waals surface area (Å²) in [5.41, 5.74) is 0. The summed E-state index contributed by atoms with van der Waals surface area (Å²) >= 11 is 0.